The first-order chi connectivity index (χ1) is 7.33. The number of aryl methyl sites for hydroxylation is 1. The second-order valence-electron chi connectivity index (χ2n) is 3.60. The smallest absolute Gasteiger partial charge is 0.129 e. The van der Waals surface area contributed by atoms with Crippen molar-refractivity contribution in [2.75, 3.05) is 0 Å². The maximum absolute atomic E-state index is 10.1. The molecular weight excluding hydrogens is 188 g/mol. The van der Waals surface area contributed by atoms with Gasteiger partial charge in [0.05, 0.1) is 6.10 Å². The summed E-state index contributed by atoms with van der Waals surface area (Å²) in [4.78, 5) is 4.20. The second kappa shape index (κ2) is 4.36. The maximum atomic E-state index is 10.1. The van der Waals surface area contributed by atoms with Gasteiger partial charge in [-0.25, -0.2) is 11.1 Å². The molecule has 1 atom stereocenters. The number of hydrogen-bond donors (Lipinski definition) is 1. The van der Waals surface area contributed by atoms with Gasteiger partial charge in [0, 0.05) is 18.9 Å². The SMILES string of the molecule is CCCn1ccnc1C(O)c1cc[cH-]c1. The van der Waals surface area contributed by atoms with Crippen molar-refractivity contribution in [3.8, 4) is 0 Å². The average molecular weight is 203 g/mol. The molecule has 0 aliphatic carbocycles. The summed E-state index contributed by atoms with van der Waals surface area (Å²) in [5.74, 6) is 0.725. The quantitative estimate of drug-likeness (QED) is 0.773. The van der Waals surface area contributed by atoms with Crippen LogP contribution in [-0.2, 0) is 6.54 Å². The van der Waals surface area contributed by atoms with Crippen LogP contribution in [0.3, 0.4) is 0 Å². The zero-order valence-electron chi connectivity index (χ0n) is 8.80. The van der Waals surface area contributed by atoms with Gasteiger partial charge in [-0.1, -0.05) is 6.92 Å². The summed E-state index contributed by atoms with van der Waals surface area (Å²) in [7, 11) is 0. The van der Waals surface area contributed by atoms with Crippen molar-refractivity contribution < 1.29 is 5.11 Å². The van der Waals surface area contributed by atoms with Crippen molar-refractivity contribution in [2.24, 2.45) is 0 Å². The van der Waals surface area contributed by atoms with Crippen molar-refractivity contribution >= 4 is 0 Å². The molecule has 0 fully saturated rings. The minimum absolute atomic E-state index is 0.610. The molecule has 0 saturated heterocycles. The Hall–Kier alpha value is -1.48. The van der Waals surface area contributed by atoms with Crippen LogP contribution in [0.2, 0.25) is 0 Å². The summed E-state index contributed by atoms with van der Waals surface area (Å²) in [6.07, 6.45) is 4.07. The van der Waals surface area contributed by atoms with E-state index in [0.29, 0.717) is 0 Å². The molecule has 3 nitrogen and oxygen atoms in total. The van der Waals surface area contributed by atoms with Gasteiger partial charge in [-0.05, 0) is 6.42 Å². The zero-order chi connectivity index (χ0) is 10.7. The van der Waals surface area contributed by atoms with Gasteiger partial charge < -0.3 is 9.67 Å². The zero-order valence-corrected chi connectivity index (χ0v) is 8.80. The molecule has 2 rings (SSSR count). The van der Waals surface area contributed by atoms with Crippen molar-refractivity contribution in [3.05, 3.63) is 48.0 Å². The van der Waals surface area contributed by atoms with Crippen molar-refractivity contribution in [2.45, 2.75) is 26.0 Å². The van der Waals surface area contributed by atoms with Crippen LogP contribution in [0.1, 0.15) is 30.8 Å². The van der Waals surface area contributed by atoms with Gasteiger partial charge in [-0.15, -0.1) is 0 Å². The predicted octanol–water partition coefficient (Wildman–Crippen LogP) is 2.09. The number of aliphatic hydroxyl groups excluding tert-OH is 1. The van der Waals surface area contributed by atoms with E-state index in [1.54, 1.807) is 6.20 Å². The lowest BCUT2D eigenvalue weighted by Gasteiger charge is -2.15. The van der Waals surface area contributed by atoms with Gasteiger partial charge in [-0.2, -0.15) is 23.8 Å². The van der Waals surface area contributed by atoms with E-state index in [1.807, 2.05) is 35.0 Å². The molecule has 3 heteroatoms. The van der Waals surface area contributed by atoms with Gasteiger partial charge in [0.1, 0.15) is 5.82 Å². The van der Waals surface area contributed by atoms with Crippen molar-refractivity contribution in [3.63, 3.8) is 0 Å². The number of nitrogens with zero attached hydrogens (tertiary/aromatic N) is 2. The molecule has 0 spiro atoms. The Bertz CT molecular complexity index is 403. The predicted molar refractivity (Wildman–Crippen MR) is 58.6 cm³/mol. The molecule has 15 heavy (non-hydrogen) atoms. The fourth-order valence-electron chi connectivity index (χ4n) is 1.72. The van der Waals surface area contributed by atoms with Crippen LogP contribution in [-0.4, -0.2) is 14.7 Å². The molecule has 0 bridgehead atoms. The van der Waals surface area contributed by atoms with Crippen LogP contribution in [0, 0.1) is 0 Å². The van der Waals surface area contributed by atoms with Crippen molar-refractivity contribution in [1.29, 1.82) is 0 Å². The molecule has 80 valence electrons. The Kier molecular flexibility index (Phi) is 2.92. The number of imidazole rings is 1. The first kappa shape index (κ1) is 10.1. The lowest BCUT2D eigenvalue weighted by Crippen LogP contribution is -2.08. The third kappa shape index (κ3) is 1.97. The number of hydrogen-bond acceptors (Lipinski definition) is 2. The fraction of sp³-hybridized carbons (Fsp3) is 0.333. The summed E-state index contributed by atoms with van der Waals surface area (Å²) in [6, 6.07) is 7.67. The Labute approximate surface area is 89.4 Å². The summed E-state index contributed by atoms with van der Waals surface area (Å²) in [5.41, 5.74) is 0.901. The molecule has 1 heterocycles. The molecule has 1 unspecified atom stereocenters. The highest BCUT2D eigenvalue weighted by molar-refractivity contribution is 5.24. The highest BCUT2D eigenvalue weighted by Gasteiger charge is 2.10. The topological polar surface area (TPSA) is 38.0 Å². The third-order valence-electron chi connectivity index (χ3n) is 2.46. The standard InChI is InChI=1S/C12H15N2O/c1-2-8-14-9-7-13-12(14)11(15)10-5-3-4-6-10/h3-7,9,11,15H,2,8H2,1H3/q-1. The Morgan fingerprint density at radius 2 is 2.47 bits per heavy atom. The molecule has 0 radical (unpaired) electrons. The first-order valence-corrected chi connectivity index (χ1v) is 5.23. The monoisotopic (exact) mass is 203 g/mol. The molecule has 0 amide bonds. The number of aromatic nitrogens is 2. The van der Waals surface area contributed by atoms with Gasteiger partial charge >= 0.3 is 0 Å². The van der Waals surface area contributed by atoms with Crippen LogP contribution in [0.15, 0.2) is 36.7 Å². The molecule has 0 aliphatic rings. The van der Waals surface area contributed by atoms with Crippen molar-refractivity contribution in [1.82, 2.24) is 9.55 Å². The highest BCUT2D eigenvalue weighted by Crippen LogP contribution is 2.20. The van der Waals surface area contributed by atoms with Crippen LogP contribution >= 0.6 is 0 Å². The lowest BCUT2D eigenvalue weighted by atomic mass is 10.2. The number of aliphatic hydroxyl groups is 1. The van der Waals surface area contributed by atoms with Crippen LogP contribution in [0.25, 0.3) is 0 Å². The van der Waals surface area contributed by atoms with Crippen LogP contribution < -0.4 is 0 Å². The minimum Gasteiger partial charge on any atom is -0.394 e. The van der Waals surface area contributed by atoms with E-state index in [9.17, 15) is 5.11 Å². The largest absolute Gasteiger partial charge is 0.394 e. The third-order valence-corrected chi connectivity index (χ3v) is 2.46. The minimum atomic E-state index is -0.610. The van der Waals surface area contributed by atoms with E-state index in [1.165, 1.54) is 0 Å². The van der Waals surface area contributed by atoms with Gasteiger partial charge in [0.25, 0.3) is 0 Å². The van der Waals surface area contributed by atoms with Crippen LogP contribution in [0.5, 0.6) is 0 Å². The molecule has 0 saturated carbocycles. The van der Waals surface area contributed by atoms with E-state index in [-0.39, 0.29) is 0 Å². The molecule has 0 aliphatic heterocycles. The van der Waals surface area contributed by atoms with E-state index in [0.717, 1.165) is 24.4 Å². The van der Waals surface area contributed by atoms with Gasteiger partial charge in [0.2, 0.25) is 0 Å². The highest BCUT2D eigenvalue weighted by atomic mass is 16.3. The molecule has 1 aromatic heterocycles. The Balaban J connectivity index is 2.25. The average Bonchev–Trinajstić information content (AvgIpc) is 2.87. The second-order valence-corrected chi connectivity index (χ2v) is 3.60. The van der Waals surface area contributed by atoms with Gasteiger partial charge in [0.15, 0.2) is 0 Å². The normalized spacial score (nSPS) is 12.9. The Morgan fingerprint density at radius 3 is 3.13 bits per heavy atom. The summed E-state index contributed by atoms with van der Waals surface area (Å²) < 4.78 is 2.00. The summed E-state index contributed by atoms with van der Waals surface area (Å²) in [5, 5.41) is 10.1. The Morgan fingerprint density at radius 1 is 1.60 bits per heavy atom. The lowest BCUT2D eigenvalue weighted by molar-refractivity contribution is 0.204. The molecule has 2 aromatic rings. The summed E-state index contributed by atoms with van der Waals surface area (Å²) in [6.45, 7) is 3.01. The fourth-order valence-corrected chi connectivity index (χ4v) is 1.72. The van der Waals surface area contributed by atoms with E-state index in [4.69, 9.17) is 0 Å². The maximum Gasteiger partial charge on any atom is 0.129 e. The van der Waals surface area contributed by atoms with E-state index < -0.39 is 6.10 Å². The number of rotatable bonds is 4. The molecule has 1 N–H and O–H groups in total. The first-order valence-electron chi connectivity index (χ1n) is 5.23. The van der Waals surface area contributed by atoms with Gasteiger partial charge in [-0.3, -0.25) is 0 Å². The molecule has 1 aromatic carbocycles. The van der Waals surface area contributed by atoms with E-state index >= 15 is 0 Å². The van der Waals surface area contributed by atoms with E-state index in [2.05, 4.69) is 11.9 Å². The summed E-state index contributed by atoms with van der Waals surface area (Å²) >= 11 is 0. The van der Waals surface area contributed by atoms with Crippen LogP contribution in [0.4, 0.5) is 0 Å². The molecular formula is C12H15N2O-.